The van der Waals surface area contributed by atoms with E-state index < -0.39 is 0 Å². The zero-order valence-corrected chi connectivity index (χ0v) is 33.8. The second kappa shape index (κ2) is 12.7. The van der Waals surface area contributed by atoms with Gasteiger partial charge in [0.25, 0.3) is 0 Å². The molecule has 1 N–H and O–H groups in total. The van der Waals surface area contributed by atoms with Crippen molar-refractivity contribution in [2.24, 2.45) is 0 Å². The average molecular weight is 733 g/mol. The third kappa shape index (κ3) is 5.59. The van der Waals surface area contributed by atoms with E-state index in [9.17, 15) is 5.11 Å². The minimum Gasteiger partial charge on any atom is -0.507 e. The number of pyridine rings is 2. The number of nitrogens with zero attached hydrogens (tertiary/aromatic N) is 4. The van der Waals surface area contributed by atoms with Crippen LogP contribution >= 0.6 is 0 Å². The van der Waals surface area contributed by atoms with Gasteiger partial charge >= 0.3 is 0 Å². The van der Waals surface area contributed by atoms with E-state index in [1.54, 1.807) is 0 Å². The van der Waals surface area contributed by atoms with E-state index in [1.165, 1.54) is 27.6 Å². The fraction of sp³-hybridized carbons (Fsp3) is 0.216. The SMILES string of the molecule is Cc1ccc(-n2c(-c3cc(C(C)(C)C)cc(C(C)(C)C)c3O)nc3c(-c4cc(C)c5c(c4)c4nccc(C)c4n4cccc54)cccc32)c(-c2ccccc2)c1. The van der Waals surface area contributed by atoms with E-state index in [0.717, 1.165) is 72.1 Å². The van der Waals surface area contributed by atoms with Gasteiger partial charge in [-0.15, -0.1) is 0 Å². The normalized spacial score (nSPS) is 12.4. The fourth-order valence-corrected chi connectivity index (χ4v) is 8.56. The number of aromatic hydroxyl groups is 1. The van der Waals surface area contributed by atoms with E-state index in [-0.39, 0.29) is 16.6 Å². The minimum atomic E-state index is -0.301. The van der Waals surface area contributed by atoms with Gasteiger partial charge in [0.15, 0.2) is 0 Å². The Morgan fingerprint density at radius 1 is 0.607 bits per heavy atom. The first-order chi connectivity index (χ1) is 26.7. The number of aromatic nitrogens is 4. The molecule has 0 saturated heterocycles. The van der Waals surface area contributed by atoms with Crippen molar-refractivity contribution in [1.29, 1.82) is 0 Å². The minimum absolute atomic E-state index is 0.160. The number of phenolic OH excluding ortho intramolecular Hbond substituents is 1. The third-order valence-corrected chi connectivity index (χ3v) is 11.5. The van der Waals surface area contributed by atoms with E-state index in [4.69, 9.17) is 9.97 Å². The van der Waals surface area contributed by atoms with Crippen LogP contribution in [0.15, 0.2) is 122 Å². The lowest BCUT2D eigenvalue weighted by molar-refractivity contribution is 0.446. The van der Waals surface area contributed by atoms with Gasteiger partial charge in [0.2, 0.25) is 0 Å². The molecule has 0 aliphatic rings. The van der Waals surface area contributed by atoms with Crippen LogP contribution in [0.4, 0.5) is 0 Å². The molecule has 0 radical (unpaired) electrons. The molecule has 56 heavy (non-hydrogen) atoms. The number of para-hydroxylation sites is 1. The van der Waals surface area contributed by atoms with Gasteiger partial charge in [-0.1, -0.05) is 108 Å². The van der Waals surface area contributed by atoms with Crippen molar-refractivity contribution in [3.8, 4) is 45.1 Å². The van der Waals surface area contributed by atoms with Gasteiger partial charge in [-0.05, 0) is 108 Å². The second-order valence-corrected chi connectivity index (χ2v) is 17.6. The van der Waals surface area contributed by atoms with Crippen LogP contribution in [0.3, 0.4) is 0 Å². The number of rotatable bonds is 4. The van der Waals surface area contributed by atoms with Gasteiger partial charge in [0, 0.05) is 39.9 Å². The number of imidazole rings is 1. The molecule has 0 saturated carbocycles. The predicted octanol–water partition coefficient (Wildman–Crippen LogP) is 13.2. The van der Waals surface area contributed by atoms with Gasteiger partial charge in [0.05, 0.1) is 38.8 Å². The predicted molar refractivity (Wildman–Crippen MR) is 234 cm³/mol. The van der Waals surface area contributed by atoms with Crippen molar-refractivity contribution in [3.05, 3.63) is 149 Å². The summed E-state index contributed by atoms with van der Waals surface area (Å²) in [5.74, 6) is 0.973. The number of hydrogen-bond donors (Lipinski definition) is 1. The molecule has 5 nitrogen and oxygen atoms in total. The Labute approximate surface area is 328 Å². The molecule has 4 aromatic heterocycles. The van der Waals surface area contributed by atoms with Crippen LogP contribution in [-0.4, -0.2) is 24.0 Å². The molecule has 0 aliphatic heterocycles. The molecule has 9 rings (SSSR count). The van der Waals surface area contributed by atoms with E-state index >= 15 is 0 Å². The van der Waals surface area contributed by atoms with E-state index in [2.05, 4.69) is 187 Å². The molecule has 5 heteroatoms. The number of benzene rings is 5. The largest absolute Gasteiger partial charge is 0.507 e. The van der Waals surface area contributed by atoms with Gasteiger partial charge in [-0.2, -0.15) is 0 Å². The summed E-state index contributed by atoms with van der Waals surface area (Å²) < 4.78 is 4.55. The molecular formula is C51H48N4O. The third-order valence-electron chi connectivity index (χ3n) is 11.5. The Kier molecular flexibility index (Phi) is 8.03. The maximum Gasteiger partial charge on any atom is 0.149 e. The molecule has 278 valence electrons. The smallest absolute Gasteiger partial charge is 0.149 e. The summed E-state index contributed by atoms with van der Waals surface area (Å²) in [7, 11) is 0. The van der Waals surface area contributed by atoms with Crippen molar-refractivity contribution >= 4 is 38.4 Å². The van der Waals surface area contributed by atoms with Crippen LogP contribution in [0.2, 0.25) is 0 Å². The van der Waals surface area contributed by atoms with Crippen molar-refractivity contribution in [2.45, 2.75) is 73.1 Å². The summed E-state index contributed by atoms with van der Waals surface area (Å²) in [5, 5.41) is 14.7. The van der Waals surface area contributed by atoms with Crippen LogP contribution in [0.1, 0.15) is 69.4 Å². The lowest BCUT2D eigenvalue weighted by atomic mass is 9.79. The summed E-state index contributed by atoms with van der Waals surface area (Å²) >= 11 is 0. The highest BCUT2D eigenvalue weighted by Gasteiger charge is 2.29. The molecular weight excluding hydrogens is 685 g/mol. The Bertz CT molecular complexity index is 3020. The Morgan fingerprint density at radius 3 is 2.12 bits per heavy atom. The van der Waals surface area contributed by atoms with Gasteiger partial charge in [0.1, 0.15) is 11.6 Å². The van der Waals surface area contributed by atoms with Gasteiger partial charge in [-0.3, -0.25) is 9.55 Å². The number of aryl methyl sites for hydroxylation is 3. The molecule has 0 aliphatic carbocycles. The summed E-state index contributed by atoms with van der Waals surface area (Å²) in [5.41, 5.74) is 16.3. The monoisotopic (exact) mass is 732 g/mol. The summed E-state index contributed by atoms with van der Waals surface area (Å²) in [6.07, 6.45) is 4.05. The van der Waals surface area contributed by atoms with E-state index in [0.29, 0.717) is 5.82 Å². The van der Waals surface area contributed by atoms with Gasteiger partial charge < -0.3 is 9.51 Å². The number of hydrogen-bond acceptors (Lipinski definition) is 3. The molecule has 4 heterocycles. The summed E-state index contributed by atoms with van der Waals surface area (Å²) in [6.45, 7) is 19.7. The van der Waals surface area contributed by atoms with Crippen molar-refractivity contribution in [1.82, 2.24) is 18.9 Å². The highest BCUT2D eigenvalue weighted by atomic mass is 16.3. The number of fused-ring (bicyclic) bond motifs is 7. The molecule has 0 atom stereocenters. The van der Waals surface area contributed by atoms with Crippen molar-refractivity contribution < 1.29 is 5.11 Å². The van der Waals surface area contributed by atoms with Crippen LogP contribution < -0.4 is 0 Å². The summed E-state index contributed by atoms with van der Waals surface area (Å²) in [6, 6.07) is 39.0. The zero-order valence-electron chi connectivity index (χ0n) is 33.8. The van der Waals surface area contributed by atoms with Crippen LogP contribution in [-0.2, 0) is 10.8 Å². The first kappa shape index (κ1) is 35.5. The Hall–Kier alpha value is -6.20. The topological polar surface area (TPSA) is 55.3 Å². The number of phenols is 1. The zero-order chi connectivity index (χ0) is 39.3. The summed E-state index contributed by atoms with van der Waals surface area (Å²) in [4.78, 5) is 10.6. The van der Waals surface area contributed by atoms with Crippen molar-refractivity contribution in [3.63, 3.8) is 0 Å². The highest BCUT2D eigenvalue weighted by Crippen LogP contribution is 2.46. The quantitative estimate of drug-likeness (QED) is 0.183. The standard InChI is InChI=1S/C51H48N4O/c1-30-20-21-41(37(25-30)33-15-11-10-12-16-33)55-43-18-13-17-36(45(43)53-49(55)39-28-35(50(4,5)6)29-40(48(39)56)51(7,8)9)34-26-32(3)44-38(27-34)46-47(31(2)22-23-52-46)54-24-14-19-42(44)54/h10-29,56H,1-9H3. The molecule has 9 aromatic rings. The first-order valence-electron chi connectivity index (χ1n) is 19.6. The lowest BCUT2D eigenvalue weighted by Gasteiger charge is -2.27. The lowest BCUT2D eigenvalue weighted by Crippen LogP contribution is -2.17. The van der Waals surface area contributed by atoms with Crippen LogP contribution in [0, 0.1) is 20.8 Å². The molecule has 0 bridgehead atoms. The average Bonchev–Trinajstić information content (AvgIpc) is 3.80. The highest BCUT2D eigenvalue weighted by molar-refractivity contribution is 6.14. The molecule has 0 fully saturated rings. The second-order valence-electron chi connectivity index (χ2n) is 17.6. The van der Waals surface area contributed by atoms with Crippen LogP contribution in [0.5, 0.6) is 5.75 Å². The van der Waals surface area contributed by atoms with E-state index in [1.807, 2.05) is 6.20 Å². The first-order valence-corrected chi connectivity index (χ1v) is 19.6. The van der Waals surface area contributed by atoms with Crippen LogP contribution in [0.25, 0.3) is 77.7 Å². The Morgan fingerprint density at radius 2 is 1.38 bits per heavy atom. The Balaban J connectivity index is 1.41. The molecule has 5 aromatic carbocycles. The molecule has 0 amide bonds. The van der Waals surface area contributed by atoms with Crippen molar-refractivity contribution in [2.75, 3.05) is 0 Å². The molecule has 0 spiro atoms. The maximum absolute atomic E-state index is 12.4. The fourth-order valence-electron chi connectivity index (χ4n) is 8.56. The molecule has 0 unspecified atom stereocenters. The van der Waals surface area contributed by atoms with Gasteiger partial charge in [-0.25, -0.2) is 4.98 Å². The maximum atomic E-state index is 12.4.